The van der Waals surface area contributed by atoms with Gasteiger partial charge in [0.15, 0.2) is 5.76 Å². The van der Waals surface area contributed by atoms with Gasteiger partial charge in [-0.05, 0) is 38.3 Å². The summed E-state index contributed by atoms with van der Waals surface area (Å²) in [7, 11) is 0. The fraction of sp³-hybridized carbons (Fsp3) is 0.600. The number of hydrogen-bond acceptors (Lipinski definition) is 4. The first-order valence-electron chi connectivity index (χ1n) is 7.06. The summed E-state index contributed by atoms with van der Waals surface area (Å²) in [6.07, 6.45) is 1.98. The van der Waals surface area contributed by atoms with Gasteiger partial charge in [-0.2, -0.15) is 0 Å². The summed E-state index contributed by atoms with van der Waals surface area (Å²) in [6.45, 7) is 7.41. The summed E-state index contributed by atoms with van der Waals surface area (Å²) in [5, 5.41) is 15.3. The zero-order valence-electron chi connectivity index (χ0n) is 13.0. The molecular formula is C15H24N2O4. The van der Waals surface area contributed by atoms with Crippen LogP contribution in [0.3, 0.4) is 0 Å². The van der Waals surface area contributed by atoms with E-state index in [2.05, 4.69) is 10.6 Å². The van der Waals surface area contributed by atoms with Crippen molar-refractivity contribution >= 4 is 11.8 Å². The molecule has 6 nitrogen and oxygen atoms in total. The summed E-state index contributed by atoms with van der Waals surface area (Å²) in [6, 6.07) is 2.41. The van der Waals surface area contributed by atoms with Crippen molar-refractivity contribution in [3.8, 4) is 0 Å². The first-order chi connectivity index (χ1) is 9.71. The molecule has 0 aliphatic rings. The van der Waals surface area contributed by atoms with E-state index >= 15 is 0 Å². The van der Waals surface area contributed by atoms with Gasteiger partial charge in [0.05, 0.1) is 11.9 Å². The minimum absolute atomic E-state index is 0.144. The quantitative estimate of drug-likeness (QED) is 0.707. The molecule has 118 valence electrons. The molecule has 0 aromatic carbocycles. The van der Waals surface area contributed by atoms with E-state index in [1.54, 1.807) is 19.9 Å². The van der Waals surface area contributed by atoms with Gasteiger partial charge < -0.3 is 20.2 Å². The van der Waals surface area contributed by atoms with Gasteiger partial charge in [0.1, 0.15) is 6.04 Å². The van der Waals surface area contributed by atoms with Crippen molar-refractivity contribution in [2.45, 2.75) is 45.8 Å². The summed E-state index contributed by atoms with van der Waals surface area (Å²) in [4.78, 5) is 23.6. The van der Waals surface area contributed by atoms with E-state index in [1.165, 1.54) is 12.3 Å². The number of aliphatic hydroxyl groups is 1. The Hall–Kier alpha value is -1.82. The molecule has 1 aromatic heterocycles. The Balaban J connectivity index is 2.43. The molecule has 1 rings (SSSR count). The maximum absolute atomic E-state index is 11.9. The van der Waals surface area contributed by atoms with E-state index in [4.69, 9.17) is 4.42 Å². The number of hydrogen-bond donors (Lipinski definition) is 3. The molecule has 0 fully saturated rings. The van der Waals surface area contributed by atoms with Gasteiger partial charge in [-0.1, -0.05) is 13.8 Å². The zero-order valence-corrected chi connectivity index (χ0v) is 13.0. The lowest BCUT2D eigenvalue weighted by Gasteiger charge is -2.26. The van der Waals surface area contributed by atoms with E-state index in [0.29, 0.717) is 12.3 Å². The van der Waals surface area contributed by atoms with Crippen molar-refractivity contribution in [1.29, 1.82) is 0 Å². The second-order valence-corrected chi connectivity index (χ2v) is 5.99. The van der Waals surface area contributed by atoms with Crippen molar-refractivity contribution in [2.24, 2.45) is 5.92 Å². The fourth-order valence-corrected chi connectivity index (χ4v) is 2.12. The fourth-order valence-electron chi connectivity index (χ4n) is 2.12. The Morgan fingerprint density at radius 1 is 1.38 bits per heavy atom. The van der Waals surface area contributed by atoms with Crippen LogP contribution in [0.2, 0.25) is 0 Å². The van der Waals surface area contributed by atoms with E-state index in [9.17, 15) is 14.7 Å². The molecule has 21 heavy (non-hydrogen) atoms. The summed E-state index contributed by atoms with van der Waals surface area (Å²) in [5.41, 5.74) is -0.964. The minimum Gasteiger partial charge on any atom is -0.459 e. The maximum Gasteiger partial charge on any atom is 0.287 e. The van der Waals surface area contributed by atoms with Crippen molar-refractivity contribution in [3.05, 3.63) is 24.2 Å². The lowest BCUT2D eigenvalue weighted by atomic mass is 9.94. The average Bonchev–Trinajstić information content (AvgIpc) is 2.88. The lowest BCUT2D eigenvalue weighted by molar-refractivity contribution is -0.123. The van der Waals surface area contributed by atoms with Gasteiger partial charge in [-0.15, -0.1) is 0 Å². The number of carbonyl (C=O) groups excluding carboxylic acids is 2. The first-order valence-corrected chi connectivity index (χ1v) is 7.06. The summed E-state index contributed by atoms with van der Waals surface area (Å²) < 4.78 is 4.95. The monoisotopic (exact) mass is 296 g/mol. The SMILES string of the molecule is CC(C)CC(C)(O)CNC(=O)C(C)NC(=O)c1ccco1. The standard InChI is InChI=1S/C15H24N2O4/c1-10(2)8-15(4,20)9-16-13(18)11(3)17-14(19)12-6-5-7-21-12/h5-7,10-11,20H,8-9H2,1-4H3,(H,16,18)(H,17,19). The molecular weight excluding hydrogens is 272 g/mol. The molecule has 6 heteroatoms. The van der Waals surface area contributed by atoms with Crippen LogP contribution in [0.25, 0.3) is 0 Å². The van der Waals surface area contributed by atoms with Crippen LogP contribution in [0, 0.1) is 5.92 Å². The van der Waals surface area contributed by atoms with Crippen LogP contribution in [0.5, 0.6) is 0 Å². The van der Waals surface area contributed by atoms with Gasteiger partial charge in [0.2, 0.25) is 5.91 Å². The molecule has 0 radical (unpaired) electrons. The van der Waals surface area contributed by atoms with Crippen LogP contribution >= 0.6 is 0 Å². The smallest absolute Gasteiger partial charge is 0.287 e. The predicted octanol–water partition coefficient (Wildman–Crippen LogP) is 1.31. The van der Waals surface area contributed by atoms with Crippen molar-refractivity contribution in [1.82, 2.24) is 10.6 Å². The van der Waals surface area contributed by atoms with Crippen LogP contribution in [0.1, 0.15) is 44.7 Å². The second kappa shape index (κ2) is 7.26. The molecule has 0 saturated heterocycles. The topological polar surface area (TPSA) is 91.6 Å². The third-order valence-corrected chi connectivity index (χ3v) is 2.98. The molecule has 0 spiro atoms. The maximum atomic E-state index is 11.9. The highest BCUT2D eigenvalue weighted by molar-refractivity contribution is 5.95. The van der Waals surface area contributed by atoms with E-state index in [1.807, 2.05) is 13.8 Å². The molecule has 1 heterocycles. The summed E-state index contributed by atoms with van der Waals surface area (Å²) in [5.74, 6) is -0.315. The van der Waals surface area contributed by atoms with Gasteiger partial charge >= 0.3 is 0 Å². The highest BCUT2D eigenvalue weighted by Gasteiger charge is 2.24. The molecule has 3 N–H and O–H groups in total. The Labute approximate surface area is 124 Å². The molecule has 2 amide bonds. The Bertz CT molecular complexity index is 466. The van der Waals surface area contributed by atoms with Gasteiger partial charge in [-0.25, -0.2) is 0 Å². The summed E-state index contributed by atoms with van der Waals surface area (Å²) >= 11 is 0. The first kappa shape index (κ1) is 17.2. The number of carbonyl (C=O) groups is 2. The number of nitrogens with one attached hydrogen (secondary N) is 2. The number of rotatable bonds is 7. The predicted molar refractivity (Wildman–Crippen MR) is 78.7 cm³/mol. The van der Waals surface area contributed by atoms with E-state index in [-0.39, 0.29) is 18.2 Å². The van der Waals surface area contributed by atoms with Crippen LogP contribution in [-0.2, 0) is 4.79 Å². The molecule has 0 aliphatic carbocycles. The highest BCUT2D eigenvalue weighted by atomic mass is 16.3. The van der Waals surface area contributed by atoms with Crippen LogP contribution < -0.4 is 10.6 Å². The number of furan rings is 1. The Morgan fingerprint density at radius 2 is 2.05 bits per heavy atom. The second-order valence-electron chi connectivity index (χ2n) is 5.99. The van der Waals surface area contributed by atoms with Gasteiger partial charge in [-0.3, -0.25) is 9.59 Å². The Kier molecular flexibility index (Phi) is 5.96. The molecule has 2 atom stereocenters. The normalized spacial score (nSPS) is 15.3. The number of amides is 2. The van der Waals surface area contributed by atoms with Crippen LogP contribution in [-0.4, -0.2) is 35.1 Å². The minimum atomic E-state index is -0.964. The molecule has 1 aromatic rings. The van der Waals surface area contributed by atoms with Crippen molar-refractivity contribution < 1.29 is 19.1 Å². The van der Waals surface area contributed by atoms with Gasteiger partial charge in [0, 0.05) is 6.54 Å². The molecule has 2 unspecified atom stereocenters. The van der Waals surface area contributed by atoms with E-state index < -0.39 is 17.6 Å². The van der Waals surface area contributed by atoms with Gasteiger partial charge in [0.25, 0.3) is 5.91 Å². The van der Waals surface area contributed by atoms with Crippen molar-refractivity contribution in [3.63, 3.8) is 0 Å². The van der Waals surface area contributed by atoms with Crippen molar-refractivity contribution in [2.75, 3.05) is 6.54 Å². The average molecular weight is 296 g/mol. The molecule has 0 bridgehead atoms. The lowest BCUT2D eigenvalue weighted by Crippen LogP contribution is -2.49. The molecule has 0 saturated carbocycles. The third kappa shape index (κ3) is 5.99. The van der Waals surface area contributed by atoms with Crippen LogP contribution in [0.4, 0.5) is 0 Å². The largest absolute Gasteiger partial charge is 0.459 e. The third-order valence-electron chi connectivity index (χ3n) is 2.98. The molecule has 0 aliphatic heterocycles. The van der Waals surface area contributed by atoms with E-state index in [0.717, 1.165) is 0 Å². The Morgan fingerprint density at radius 3 is 2.57 bits per heavy atom. The zero-order chi connectivity index (χ0) is 16.0. The van der Waals surface area contributed by atoms with Crippen LogP contribution in [0.15, 0.2) is 22.8 Å². The highest BCUT2D eigenvalue weighted by Crippen LogP contribution is 2.15.